The zero-order valence-corrected chi connectivity index (χ0v) is 21.8. The van der Waals surface area contributed by atoms with Gasteiger partial charge in [0, 0.05) is 7.11 Å². The van der Waals surface area contributed by atoms with E-state index in [1.54, 1.807) is 0 Å². The number of aliphatic hydroxyl groups is 2. The Morgan fingerprint density at radius 1 is 1.03 bits per heavy atom. The highest BCUT2D eigenvalue weighted by Crippen LogP contribution is 2.67. The summed E-state index contributed by atoms with van der Waals surface area (Å²) < 4.78 is 6.16. The Labute approximate surface area is 197 Å². The van der Waals surface area contributed by atoms with Gasteiger partial charge >= 0.3 is 0 Å². The maximum atomic E-state index is 11.2. The van der Waals surface area contributed by atoms with Crippen molar-refractivity contribution in [1.82, 2.24) is 0 Å². The highest BCUT2D eigenvalue weighted by molar-refractivity contribution is 5.28. The standard InChI is InChI=1S/C29H50O3/c1-17(2)18(3)14-25(31)19(4)22-8-9-23-27-24(11-13-29(22,23)6)28(5)12-10-21(30)15-20(28)16-26(27)32-7/h16-19,21-27,30-31H,8-15H2,1-7H3/t18-,19+,21+,22-,23+,24+,25-,26+,27+,28+,29-/m1/s1. The molecule has 0 spiro atoms. The largest absolute Gasteiger partial charge is 0.393 e. The average molecular weight is 447 g/mol. The van der Waals surface area contributed by atoms with Gasteiger partial charge in [-0.25, -0.2) is 0 Å². The topological polar surface area (TPSA) is 49.7 Å². The molecule has 0 aliphatic heterocycles. The second-order valence-corrected chi connectivity index (χ2v) is 13.1. The van der Waals surface area contributed by atoms with E-state index in [1.165, 1.54) is 31.3 Å². The van der Waals surface area contributed by atoms with Crippen LogP contribution in [0.1, 0.15) is 92.9 Å². The molecule has 0 unspecified atom stereocenters. The van der Waals surface area contributed by atoms with Crippen molar-refractivity contribution in [1.29, 1.82) is 0 Å². The van der Waals surface area contributed by atoms with E-state index in [0.29, 0.717) is 46.8 Å². The summed E-state index contributed by atoms with van der Waals surface area (Å²) in [5.41, 5.74) is 2.00. The van der Waals surface area contributed by atoms with Crippen LogP contribution in [0.3, 0.4) is 0 Å². The normalized spacial score (nSPS) is 46.6. The van der Waals surface area contributed by atoms with Gasteiger partial charge in [-0.15, -0.1) is 0 Å². The predicted octanol–water partition coefficient (Wildman–Crippen LogP) is 6.23. The van der Waals surface area contributed by atoms with Crippen LogP contribution in [-0.4, -0.2) is 35.6 Å². The van der Waals surface area contributed by atoms with Crippen LogP contribution in [0.2, 0.25) is 0 Å². The Morgan fingerprint density at radius 3 is 2.41 bits per heavy atom. The number of ether oxygens (including phenoxy) is 1. The van der Waals surface area contributed by atoms with Gasteiger partial charge in [0.1, 0.15) is 0 Å². The van der Waals surface area contributed by atoms with Gasteiger partial charge in [0.15, 0.2) is 0 Å². The van der Waals surface area contributed by atoms with E-state index < -0.39 is 0 Å². The smallest absolute Gasteiger partial charge is 0.0788 e. The molecule has 4 aliphatic rings. The average Bonchev–Trinajstić information content (AvgIpc) is 3.10. The molecule has 3 fully saturated rings. The van der Waals surface area contributed by atoms with E-state index in [0.717, 1.165) is 25.7 Å². The molecule has 11 atom stereocenters. The molecule has 3 nitrogen and oxygen atoms in total. The summed E-state index contributed by atoms with van der Waals surface area (Å²) >= 11 is 0. The molecule has 32 heavy (non-hydrogen) atoms. The van der Waals surface area contributed by atoms with Crippen molar-refractivity contribution >= 4 is 0 Å². The lowest BCUT2D eigenvalue weighted by Gasteiger charge is -2.60. The lowest BCUT2D eigenvalue weighted by molar-refractivity contribution is -0.111. The van der Waals surface area contributed by atoms with Crippen molar-refractivity contribution in [3.8, 4) is 0 Å². The summed E-state index contributed by atoms with van der Waals surface area (Å²) in [5.74, 6) is 4.07. The third-order valence-electron chi connectivity index (χ3n) is 11.4. The summed E-state index contributed by atoms with van der Waals surface area (Å²) in [6.07, 6.45) is 11.1. The van der Waals surface area contributed by atoms with E-state index in [4.69, 9.17) is 4.74 Å². The van der Waals surface area contributed by atoms with Crippen LogP contribution in [-0.2, 0) is 4.74 Å². The van der Waals surface area contributed by atoms with Gasteiger partial charge in [-0.2, -0.15) is 0 Å². The Balaban J connectivity index is 1.58. The van der Waals surface area contributed by atoms with E-state index in [2.05, 4.69) is 47.6 Å². The molecular weight excluding hydrogens is 396 g/mol. The van der Waals surface area contributed by atoms with Crippen LogP contribution >= 0.6 is 0 Å². The number of rotatable bonds is 6. The fourth-order valence-electron chi connectivity index (χ4n) is 8.87. The van der Waals surface area contributed by atoms with Crippen LogP contribution < -0.4 is 0 Å². The SMILES string of the molecule is CO[C@H]1C=C2C[C@@H](O)CC[C@]2(C)[C@H]2CC[C@]3(C)[C@@H]([C@H](C)[C@H](O)C[C@@H](C)C(C)C)CC[C@H]3[C@H]12. The lowest BCUT2D eigenvalue weighted by atomic mass is 9.46. The van der Waals surface area contributed by atoms with Gasteiger partial charge in [-0.1, -0.05) is 53.2 Å². The molecule has 0 heterocycles. The molecule has 4 rings (SSSR count). The molecule has 0 aromatic carbocycles. The molecule has 4 aliphatic carbocycles. The van der Waals surface area contributed by atoms with Gasteiger partial charge in [0.05, 0.1) is 18.3 Å². The Hall–Kier alpha value is -0.380. The summed E-state index contributed by atoms with van der Waals surface area (Å²) in [4.78, 5) is 0. The summed E-state index contributed by atoms with van der Waals surface area (Å²) in [6, 6.07) is 0. The zero-order chi connectivity index (χ0) is 23.4. The fourth-order valence-corrected chi connectivity index (χ4v) is 8.87. The van der Waals surface area contributed by atoms with Crippen molar-refractivity contribution in [3.63, 3.8) is 0 Å². The minimum Gasteiger partial charge on any atom is -0.393 e. The molecule has 0 aromatic heterocycles. The quantitative estimate of drug-likeness (QED) is 0.475. The Bertz CT molecular complexity index is 701. The second kappa shape index (κ2) is 9.00. The van der Waals surface area contributed by atoms with Crippen molar-refractivity contribution in [2.24, 2.45) is 52.3 Å². The lowest BCUT2D eigenvalue weighted by Crippen LogP contribution is -2.55. The van der Waals surface area contributed by atoms with Crippen LogP contribution in [0, 0.1) is 52.3 Å². The van der Waals surface area contributed by atoms with E-state index in [1.807, 2.05) is 7.11 Å². The van der Waals surface area contributed by atoms with Crippen molar-refractivity contribution in [2.45, 2.75) is 111 Å². The first-order chi connectivity index (χ1) is 15.0. The molecule has 184 valence electrons. The zero-order valence-electron chi connectivity index (χ0n) is 21.8. The van der Waals surface area contributed by atoms with E-state index in [9.17, 15) is 10.2 Å². The molecule has 0 bridgehead atoms. The van der Waals surface area contributed by atoms with Gasteiger partial charge in [0.2, 0.25) is 0 Å². The molecular formula is C29H50O3. The minimum absolute atomic E-state index is 0.177. The maximum absolute atomic E-state index is 11.2. The van der Waals surface area contributed by atoms with Gasteiger partial charge < -0.3 is 14.9 Å². The fraction of sp³-hybridized carbons (Fsp3) is 0.931. The van der Waals surface area contributed by atoms with E-state index >= 15 is 0 Å². The first-order valence-corrected chi connectivity index (χ1v) is 13.6. The van der Waals surface area contributed by atoms with Crippen molar-refractivity contribution < 1.29 is 14.9 Å². The number of methoxy groups -OCH3 is 1. The second-order valence-electron chi connectivity index (χ2n) is 13.1. The molecule has 0 amide bonds. The number of hydrogen-bond donors (Lipinski definition) is 2. The molecule has 0 aromatic rings. The minimum atomic E-state index is -0.195. The summed E-state index contributed by atoms with van der Waals surface area (Å²) in [6.45, 7) is 14.2. The van der Waals surface area contributed by atoms with Crippen molar-refractivity contribution in [3.05, 3.63) is 11.6 Å². The Kier molecular flexibility index (Phi) is 6.96. The number of hydrogen-bond acceptors (Lipinski definition) is 3. The summed E-state index contributed by atoms with van der Waals surface area (Å²) in [7, 11) is 1.89. The van der Waals surface area contributed by atoms with Crippen LogP contribution in [0.5, 0.6) is 0 Å². The molecule has 2 N–H and O–H groups in total. The predicted molar refractivity (Wildman–Crippen MR) is 131 cm³/mol. The Morgan fingerprint density at radius 2 is 1.75 bits per heavy atom. The monoisotopic (exact) mass is 446 g/mol. The number of fused-ring (bicyclic) bond motifs is 5. The van der Waals surface area contributed by atoms with E-state index in [-0.39, 0.29) is 23.7 Å². The van der Waals surface area contributed by atoms with Crippen LogP contribution in [0.25, 0.3) is 0 Å². The molecule has 3 saturated carbocycles. The summed E-state index contributed by atoms with van der Waals surface area (Å²) in [5, 5.41) is 21.5. The molecule has 3 heteroatoms. The van der Waals surface area contributed by atoms with Gasteiger partial charge in [-0.05, 0) is 104 Å². The first kappa shape index (κ1) is 24.7. The van der Waals surface area contributed by atoms with Gasteiger partial charge in [0.25, 0.3) is 0 Å². The highest BCUT2D eigenvalue weighted by Gasteiger charge is 2.61. The third kappa shape index (κ3) is 3.93. The maximum Gasteiger partial charge on any atom is 0.0788 e. The third-order valence-corrected chi connectivity index (χ3v) is 11.4. The molecule has 0 radical (unpaired) electrons. The molecule has 0 saturated heterocycles. The van der Waals surface area contributed by atoms with Crippen LogP contribution in [0.15, 0.2) is 11.6 Å². The van der Waals surface area contributed by atoms with Crippen molar-refractivity contribution in [2.75, 3.05) is 7.11 Å². The number of aliphatic hydroxyl groups excluding tert-OH is 2. The first-order valence-electron chi connectivity index (χ1n) is 13.6. The van der Waals surface area contributed by atoms with Crippen LogP contribution in [0.4, 0.5) is 0 Å². The highest BCUT2D eigenvalue weighted by atomic mass is 16.5. The van der Waals surface area contributed by atoms with Gasteiger partial charge in [-0.3, -0.25) is 0 Å².